The number of nitrogens with zero attached hydrogens (tertiary/aromatic N) is 1. The first-order valence-corrected chi connectivity index (χ1v) is 9.23. The Morgan fingerprint density at radius 3 is 1.89 bits per heavy atom. The van der Waals surface area contributed by atoms with Crippen LogP contribution >= 0.6 is 12.4 Å². The number of carbonyl (C=O) groups is 2. The molecule has 7 nitrogen and oxygen atoms in total. The Morgan fingerprint density at radius 2 is 1.46 bits per heavy atom. The van der Waals surface area contributed by atoms with Gasteiger partial charge in [-0.05, 0) is 23.0 Å². The molecular formula is C20H32ClNO6. The molecule has 0 aliphatic rings. The third-order valence-corrected chi connectivity index (χ3v) is 4.07. The monoisotopic (exact) mass is 417 g/mol. The molecule has 0 unspecified atom stereocenters. The third kappa shape index (κ3) is 8.56. The lowest BCUT2D eigenvalue weighted by molar-refractivity contribution is -0.154. The predicted molar refractivity (Wildman–Crippen MR) is 109 cm³/mol. The Balaban J connectivity index is 0.00000729. The second kappa shape index (κ2) is 13.5. The normalized spacial score (nSPS) is 10.9. The smallest absolute Gasteiger partial charge is 0.349 e. The zero-order valence-electron chi connectivity index (χ0n) is 17.0. The Hall–Kier alpha value is -1.67. The highest BCUT2D eigenvalue weighted by Gasteiger charge is 2.19. The van der Waals surface area contributed by atoms with Gasteiger partial charge in [0.1, 0.15) is 5.75 Å². The molecule has 1 aromatic carbocycles. The number of benzene rings is 1. The number of aliphatic hydroxyl groups is 2. The maximum absolute atomic E-state index is 12.2. The fourth-order valence-corrected chi connectivity index (χ4v) is 2.66. The van der Waals surface area contributed by atoms with Gasteiger partial charge in [0.15, 0.2) is 6.61 Å². The van der Waals surface area contributed by atoms with Gasteiger partial charge in [-0.1, -0.05) is 45.9 Å². The van der Waals surface area contributed by atoms with E-state index in [0.717, 1.165) is 11.1 Å². The average molecular weight is 418 g/mol. The Morgan fingerprint density at radius 1 is 0.964 bits per heavy atom. The van der Waals surface area contributed by atoms with E-state index < -0.39 is 18.5 Å². The first-order valence-electron chi connectivity index (χ1n) is 9.23. The van der Waals surface area contributed by atoms with E-state index in [4.69, 9.17) is 19.7 Å². The zero-order valence-corrected chi connectivity index (χ0v) is 17.8. The number of halogens is 1. The lowest BCUT2D eigenvalue weighted by atomic mass is 9.94. The molecule has 28 heavy (non-hydrogen) atoms. The van der Waals surface area contributed by atoms with E-state index in [9.17, 15) is 9.59 Å². The lowest BCUT2D eigenvalue weighted by Gasteiger charge is -2.20. The first kappa shape index (κ1) is 26.3. The molecule has 1 rings (SSSR count). The second-order valence-electron chi connectivity index (χ2n) is 6.93. The Kier molecular flexibility index (Phi) is 12.7. The molecule has 0 aromatic heterocycles. The summed E-state index contributed by atoms with van der Waals surface area (Å²) in [5.74, 6) is -0.367. The number of esters is 2. The fourth-order valence-electron chi connectivity index (χ4n) is 2.66. The molecule has 0 radical (unpaired) electrons. The number of carbonyl (C=O) groups excluding carboxylic acids is 2. The van der Waals surface area contributed by atoms with Crippen molar-refractivity contribution in [3.63, 3.8) is 0 Å². The maximum atomic E-state index is 12.2. The van der Waals surface area contributed by atoms with Crippen molar-refractivity contribution in [3.05, 3.63) is 29.3 Å². The van der Waals surface area contributed by atoms with Crippen molar-refractivity contribution in [1.82, 2.24) is 4.90 Å². The summed E-state index contributed by atoms with van der Waals surface area (Å²) in [6.07, 6.45) is 0. The summed E-state index contributed by atoms with van der Waals surface area (Å²) in [4.78, 5) is 25.6. The quantitative estimate of drug-likeness (QED) is 0.420. The van der Waals surface area contributed by atoms with E-state index in [1.54, 1.807) is 4.90 Å². The second-order valence-corrected chi connectivity index (χ2v) is 6.93. The van der Waals surface area contributed by atoms with Gasteiger partial charge in [0, 0.05) is 13.1 Å². The predicted octanol–water partition coefficient (Wildman–Crippen LogP) is 2.09. The average Bonchev–Trinajstić information content (AvgIpc) is 2.60. The van der Waals surface area contributed by atoms with Gasteiger partial charge in [0.25, 0.3) is 0 Å². The van der Waals surface area contributed by atoms with Gasteiger partial charge >= 0.3 is 11.9 Å². The summed E-state index contributed by atoms with van der Waals surface area (Å²) >= 11 is 0. The minimum Gasteiger partial charge on any atom is -0.453 e. The molecule has 160 valence electrons. The molecule has 0 heterocycles. The fraction of sp³-hybridized carbons (Fsp3) is 0.600. The minimum absolute atomic E-state index is 0. The zero-order chi connectivity index (χ0) is 20.4. The molecule has 0 aliphatic heterocycles. The maximum Gasteiger partial charge on any atom is 0.349 e. The molecular weight excluding hydrogens is 386 g/mol. The van der Waals surface area contributed by atoms with Crippen LogP contribution in [-0.4, -0.2) is 66.5 Å². The van der Waals surface area contributed by atoms with Crippen LogP contribution in [0.25, 0.3) is 0 Å². The number of hydrogen-bond acceptors (Lipinski definition) is 7. The topological polar surface area (TPSA) is 96.3 Å². The highest BCUT2D eigenvalue weighted by Crippen LogP contribution is 2.34. The van der Waals surface area contributed by atoms with E-state index >= 15 is 0 Å². The summed E-state index contributed by atoms with van der Waals surface area (Å²) in [6, 6.07) is 5.79. The molecule has 1 aromatic rings. The number of aliphatic hydroxyl groups excluding tert-OH is 2. The summed E-state index contributed by atoms with van der Waals surface area (Å²) in [5.41, 5.74) is 1.86. The van der Waals surface area contributed by atoms with Crippen LogP contribution in [0.3, 0.4) is 0 Å². The summed E-state index contributed by atoms with van der Waals surface area (Å²) in [5, 5.41) is 17.9. The number of rotatable bonds is 11. The molecule has 0 aliphatic carbocycles. The Bertz CT molecular complexity index is 588. The lowest BCUT2D eigenvalue weighted by Crippen LogP contribution is -2.36. The molecule has 0 saturated heterocycles. The first-order chi connectivity index (χ1) is 12.8. The van der Waals surface area contributed by atoms with Gasteiger partial charge in [-0.2, -0.15) is 0 Å². The van der Waals surface area contributed by atoms with Crippen LogP contribution in [0.5, 0.6) is 5.75 Å². The van der Waals surface area contributed by atoms with Crippen LogP contribution in [0, 0.1) is 0 Å². The number of para-hydroxylation sites is 1. The van der Waals surface area contributed by atoms with E-state index in [-0.39, 0.29) is 57.1 Å². The summed E-state index contributed by atoms with van der Waals surface area (Å²) in [6.45, 7) is 7.67. The Labute approximate surface area is 173 Å². The minimum atomic E-state index is -0.644. The van der Waals surface area contributed by atoms with Crippen molar-refractivity contribution in [2.24, 2.45) is 0 Å². The van der Waals surface area contributed by atoms with Gasteiger partial charge in [0.2, 0.25) is 0 Å². The van der Waals surface area contributed by atoms with Crippen molar-refractivity contribution in [2.45, 2.75) is 39.5 Å². The summed E-state index contributed by atoms with van der Waals surface area (Å²) < 4.78 is 10.5. The molecule has 2 N–H and O–H groups in total. The third-order valence-electron chi connectivity index (χ3n) is 4.07. The van der Waals surface area contributed by atoms with Crippen molar-refractivity contribution in [3.8, 4) is 5.75 Å². The molecule has 8 heteroatoms. The molecule has 0 fully saturated rings. The van der Waals surface area contributed by atoms with E-state index in [0.29, 0.717) is 5.75 Å². The van der Waals surface area contributed by atoms with Crippen LogP contribution in [0.2, 0.25) is 0 Å². The van der Waals surface area contributed by atoms with Gasteiger partial charge in [-0.15, -0.1) is 12.4 Å². The van der Waals surface area contributed by atoms with Gasteiger partial charge in [-0.25, -0.2) is 4.79 Å². The largest absolute Gasteiger partial charge is 0.453 e. The van der Waals surface area contributed by atoms with Crippen LogP contribution < -0.4 is 4.74 Å². The highest BCUT2D eigenvalue weighted by molar-refractivity contribution is 5.85. The van der Waals surface area contributed by atoms with E-state index in [1.165, 1.54) is 0 Å². The highest BCUT2D eigenvalue weighted by atomic mass is 35.5. The van der Waals surface area contributed by atoms with Crippen LogP contribution in [0.4, 0.5) is 0 Å². The molecule has 0 saturated carbocycles. The standard InChI is InChI=1S/C20H31NO6.ClH/c1-14(2)16-6-5-7-17(15(3)4)20(16)27-19(25)13-26-18(24)12-21(8-10-22)9-11-23;/h5-7,14-15,22-23H,8-13H2,1-4H3;1H. The van der Waals surface area contributed by atoms with Gasteiger partial charge in [0.05, 0.1) is 19.8 Å². The van der Waals surface area contributed by atoms with Crippen LogP contribution in [-0.2, 0) is 14.3 Å². The summed E-state index contributed by atoms with van der Waals surface area (Å²) in [7, 11) is 0. The van der Waals surface area contributed by atoms with Crippen molar-refractivity contribution >= 4 is 24.3 Å². The van der Waals surface area contributed by atoms with Crippen LogP contribution in [0.15, 0.2) is 18.2 Å². The molecule has 0 spiro atoms. The van der Waals surface area contributed by atoms with Crippen molar-refractivity contribution in [1.29, 1.82) is 0 Å². The van der Waals surface area contributed by atoms with E-state index in [1.807, 2.05) is 45.9 Å². The van der Waals surface area contributed by atoms with Crippen LogP contribution in [0.1, 0.15) is 50.7 Å². The van der Waals surface area contributed by atoms with Crippen molar-refractivity contribution in [2.75, 3.05) is 39.5 Å². The van der Waals surface area contributed by atoms with E-state index in [2.05, 4.69) is 0 Å². The van der Waals surface area contributed by atoms with Gasteiger partial charge in [-0.3, -0.25) is 9.69 Å². The van der Waals surface area contributed by atoms with Gasteiger partial charge < -0.3 is 19.7 Å². The number of ether oxygens (including phenoxy) is 2. The molecule has 0 bridgehead atoms. The molecule has 0 atom stereocenters. The molecule has 0 amide bonds. The number of hydrogen-bond donors (Lipinski definition) is 2. The SMILES string of the molecule is CC(C)c1cccc(C(C)C)c1OC(=O)COC(=O)CN(CCO)CCO.Cl. The van der Waals surface area contributed by atoms with Crippen molar-refractivity contribution < 1.29 is 29.3 Å².